The molecule has 1 heterocycles. The zero-order valence-electron chi connectivity index (χ0n) is 9.50. The van der Waals surface area contributed by atoms with E-state index in [2.05, 4.69) is 36.8 Å². The molecule has 0 aliphatic rings. The van der Waals surface area contributed by atoms with E-state index in [-0.39, 0.29) is 27.4 Å². The lowest BCUT2D eigenvalue weighted by atomic mass is 10.2. The van der Waals surface area contributed by atoms with Gasteiger partial charge in [-0.05, 0) is 37.9 Å². The lowest BCUT2D eigenvalue weighted by Crippen LogP contribution is -2.10. The van der Waals surface area contributed by atoms with Gasteiger partial charge in [-0.25, -0.2) is 17.4 Å². The highest BCUT2D eigenvalue weighted by molar-refractivity contribution is 9.11. The van der Waals surface area contributed by atoms with Crippen molar-refractivity contribution in [1.82, 2.24) is 8.96 Å². The summed E-state index contributed by atoms with van der Waals surface area (Å²) in [5, 5.41) is 19.6. The van der Waals surface area contributed by atoms with Crippen LogP contribution >= 0.6 is 31.9 Å². The molecule has 102 valence electrons. The third-order valence-corrected chi connectivity index (χ3v) is 4.74. The van der Waals surface area contributed by atoms with Gasteiger partial charge in [-0.1, -0.05) is 0 Å². The van der Waals surface area contributed by atoms with Crippen LogP contribution in [0.25, 0.3) is 11.4 Å². The highest BCUT2D eigenvalue weighted by Gasteiger charge is 2.21. The van der Waals surface area contributed by atoms with Gasteiger partial charge in [-0.15, -0.1) is 0 Å². The van der Waals surface area contributed by atoms with E-state index in [0.717, 1.165) is 10.2 Å². The first kappa shape index (κ1) is 14.4. The number of phenolic OH excluding ortho intramolecular Hbond substituents is 2. The van der Waals surface area contributed by atoms with E-state index in [4.69, 9.17) is 0 Å². The molecule has 0 aliphatic carbocycles. The van der Waals surface area contributed by atoms with Crippen LogP contribution in [0.3, 0.4) is 0 Å². The lowest BCUT2D eigenvalue weighted by molar-refractivity contribution is 0.443. The Hall–Kier alpha value is -1.06. The van der Waals surface area contributed by atoms with Gasteiger partial charge in [0.15, 0.2) is 5.82 Å². The van der Waals surface area contributed by atoms with E-state index >= 15 is 0 Å². The minimum Gasteiger partial charge on any atom is -0.506 e. The third kappa shape index (κ3) is 2.49. The van der Waals surface area contributed by atoms with Gasteiger partial charge >= 0.3 is 0 Å². The zero-order chi connectivity index (χ0) is 14.4. The monoisotopic (exact) mass is 410 g/mol. The smallest absolute Gasteiger partial charge is 0.237 e. The number of aromatic nitrogens is 2. The Morgan fingerprint density at radius 2 is 1.89 bits per heavy atom. The van der Waals surface area contributed by atoms with E-state index in [1.54, 1.807) is 0 Å². The number of benzene rings is 1. The summed E-state index contributed by atoms with van der Waals surface area (Å²) >= 11 is 6.14. The number of halogens is 2. The molecule has 19 heavy (non-hydrogen) atoms. The van der Waals surface area contributed by atoms with Crippen LogP contribution in [0.2, 0.25) is 0 Å². The number of nitrogens with zero attached hydrogens (tertiary/aromatic N) is 2. The van der Waals surface area contributed by atoms with Crippen LogP contribution in [-0.2, 0) is 10.0 Å². The minimum absolute atomic E-state index is 0.0555. The Kier molecular flexibility index (Phi) is 3.63. The molecule has 2 aromatic rings. The summed E-state index contributed by atoms with van der Waals surface area (Å²) in [6.45, 7) is 0. The van der Waals surface area contributed by atoms with E-state index in [9.17, 15) is 18.6 Å². The number of phenols is 2. The second kappa shape index (κ2) is 4.80. The molecule has 1 aromatic carbocycles. The van der Waals surface area contributed by atoms with E-state index < -0.39 is 10.0 Å². The maximum absolute atomic E-state index is 11.6. The van der Waals surface area contributed by atoms with Crippen LogP contribution in [0.4, 0.5) is 0 Å². The molecule has 0 fully saturated rings. The van der Waals surface area contributed by atoms with Crippen molar-refractivity contribution < 1.29 is 18.6 Å². The quantitative estimate of drug-likeness (QED) is 0.790. The normalized spacial score (nSPS) is 11.7. The van der Waals surface area contributed by atoms with Gasteiger partial charge in [-0.2, -0.15) is 0 Å². The fraction of sp³-hybridized carbons (Fsp3) is 0.100. The van der Waals surface area contributed by atoms with E-state index in [1.807, 2.05) is 0 Å². The number of hydrogen-bond acceptors (Lipinski definition) is 5. The van der Waals surface area contributed by atoms with Crippen molar-refractivity contribution >= 4 is 41.9 Å². The molecule has 6 nitrogen and oxygen atoms in total. The van der Waals surface area contributed by atoms with Crippen LogP contribution < -0.4 is 0 Å². The van der Waals surface area contributed by atoms with E-state index in [1.165, 1.54) is 18.5 Å². The SMILES string of the molecule is CS(=O)(=O)n1ccnc1-c1cc(Br)c(O)c(Br)c1O. The highest BCUT2D eigenvalue weighted by atomic mass is 79.9. The summed E-state index contributed by atoms with van der Waals surface area (Å²) in [6.07, 6.45) is 3.61. The van der Waals surface area contributed by atoms with Gasteiger partial charge in [0.25, 0.3) is 0 Å². The Morgan fingerprint density at radius 1 is 1.26 bits per heavy atom. The van der Waals surface area contributed by atoms with Gasteiger partial charge in [0.2, 0.25) is 10.0 Å². The highest BCUT2D eigenvalue weighted by Crippen LogP contribution is 2.44. The number of imidazole rings is 1. The van der Waals surface area contributed by atoms with Crippen molar-refractivity contribution in [3.05, 3.63) is 27.4 Å². The molecule has 1 aromatic heterocycles. The third-order valence-electron chi connectivity index (χ3n) is 2.37. The molecule has 0 radical (unpaired) electrons. The molecule has 9 heteroatoms. The molecule has 2 N–H and O–H groups in total. The lowest BCUT2D eigenvalue weighted by Gasteiger charge is -2.10. The van der Waals surface area contributed by atoms with Gasteiger partial charge in [0.05, 0.1) is 16.3 Å². The van der Waals surface area contributed by atoms with Crippen molar-refractivity contribution in [3.63, 3.8) is 0 Å². The Bertz CT molecular complexity index is 755. The minimum atomic E-state index is -3.54. The van der Waals surface area contributed by atoms with Crippen LogP contribution in [0.5, 0.6) is 11.5 Å². The Morgan fingerprint density at radius 3 is 2.47 bits per heavy atom. The fourth-order valence-electron chi connectivity index (χ4n) is 1.52. The maximum Gasteiger partial charge on any atom is 0.237 e. The van der Waals surface area contributed by atoms with Crippen molar-refractivity contribution in [2.45, 2.75) is 0 Å². The average molecular weight is 412 g/mol. The van der Waals surface area contributed by atoms with Crippen LogP contribution in [-0.4, -0.2) is 33.8 Å². The summed E-state index contributed by atoms with van der Waals surface area (Å²) < 4.78 is 24.5. The number of hydrogen-bond donors (Lipinski definition) is 2. The fourth-order valence-corrected chi connectivity index (χ4v) is 3.37. The average Bonchev–Trinajstić information content (AvgIpc) is 2.80. The summed E-state index contributed by atoms with van der Waals surface area (Å²) in [5.74, 6) is -0.420. The van der Waals surface area contributed by atoms with Gasteiger partial charge in [0, 0.05) is 12.4 Å². The predicted octanol–water partition coefficient (Wildman–Crippen LogP) is 2.29. The molecule has 0 unspecified atom stereocenters. The Labute approximate surface area is 126 Å². The zero-order valence-corrected chi connectivity index (χ0v) is 13.5. The first-order valence-electron chi connectivity index (χ1n) is 4.87. The summed E-state index contributed by atoms with van der Waals surface area (Å²) in [7, 11) is -3.54. The second-order valence-corrected chi connectivity index (χ2v) is 7.23. The van der Waals surface area contributed by atoms with Crippen molar-refractivity contribution in [2.75, 3.05) is 6.26 Å². The standard InChI is InChI=1S/C10H8Br2N2O4S/c1-19(17,18)14-3-2-13-10(14)5-4-6(11)9(16)7(12)8(5)15/h2-4,15-16H,1H3. The van der Waals surface area contributed by atoms with Gasteiger partial charge in [-0.3, -0.25) is 0 Å². The molecule has 0 aliphatic heterocycles. The largest absolute Gasteiger partial charge is 0.506 e. The van der Waals surface area contributed by atoms with Crippen LogP contribution in [0.15, 0.2) is 27.4 Å². The molecule has 0 spiro atoms. The van der Waals surface area contributed by atoms with E-state index in [0.29, 0.717) is 4.47 Å². The molecule has 0 saturated heterocycles. The predicted molar refractivity (Wildman–Crippen MR) is 76.6 cm³/mol. The van der Waals surface area contributed by atoms with Gasteiger partial charge in [0.1, 0.15) is 16.0 Å². The van der Waals surface area contributed by atoms with Crippen LogP contribution in [0.1, 0.15) is 0 Å². The molecule has 0 bridgehead atoms. The number of aromatic hydroxyl groups is 2. The topological polar surface area (TPSA) is 92.4 Å². The van der Waals surface area contributed by atoms with Crippen molar-refractivity contribution in [2.24, 2.45) is 0 Å². The Balaban J connectivity index is 2.78. The maximum atomic E-state index is 11.6. The van der Waals surface area contributed by atoms with Crippen molar-refractivity contribution in [3.8, 4) is 22.9 Å². The molecule has 0 atom stereocenters. The van der Waals surface area contributed by atoms with Gasteiger partial charge < -0.3 is 10.2 Å². The second-order valence-electron chi connectivity index (χ2n) is 3.73. The number of rotatable bonds is 2. The summed E-state index contributed by atoms with van der Waals surface area (Å²) in [5.41, 5.74) is 0.173. The molecule has 0 amide bonds. The molecule has 2 rings (SSSR count). The molecular weight excluding hydrogens is 404 g/mol. The first-order chi connectivity index (χ1) is 8.73. The molecular formula is C10H8Br2N2O4S. The first-order valence-corrected chi connectivity index (χ1v) is 8.31. The summed E-state index contributed by atoms with van der Waals surface area (Å²) in [4.78, 5) is 3.93. The van der Waals surface area contributed by atoms with Crippen LogP contribution in [0, 0.1) is 0 Å². The molecule has 0 saturated carbocycles. The van der Waals surface area contributed by atoms with Crippen molar-refractivity contribution in [1.29, 1.82) is 0 Å². The summed E-state index contributed by atoms with van der Waals surface area (Å²) in [6, 6.07) is 1.39.